The molecule has 0 amide bonds. The summed E-state index contributed by atoms with van der Waals surface area (Å²) in [5, 5.41) is 20.8. The fourth-order valence-corrected chi connectivity index (χ4v) is 10.1. The van der Waals surface area contributed by atoms with Crippen molar-refractivity contribution < 1.29 is 43.2 Å². The smallest absolute Gasteiger partial charge is 0.303 e. The number of quaternary nitrogens is 1. The maximum Gasteiger partial charge on any atom is 0.303 e. The van der Waals surface area contributed by atoms with Crippen LogP contribution in [-0.2, 0) is 30.5 Å². The standard InChI is InChI=1S/C52H68N2O8/c1-53-27-25-39-34-48(60-5)51(57)52-50(39)42(53)30-37-21-24-44(58-3)46(32-37)61-40-22-19-36(20-23-40)31-43-41-35-47(62-52)45(59-4)33-38(41)26-29-54(43,2)28-17-15-13-11-9-7-6-8-10-12-14-16-18-49(55)56/h19-24,32-35,42-43H,6-18,25-31H2,1-5H3,(H-,55,56,57)/p+1. The third-order valence-corrected chi connectivity index (χ3v) is 13.9. The van der Waals surface area contributed by atoms with Gasteiger partial charge in [0, 0.05) is 43.0 Å². The molecule has 4 aromatic carbocycles. The van der Waals surface area contributed by atoms with Crippen LogP contribution >= 0.6 is 0 Å². The molecule has 3 atom stereocenters. The van der Waals surface area contributed by atoms with Gasteiger partial charge in [-0.05, 0) is 104 Å². The molecule has 0 aliphatic carbocycles. The van der Waals surface area contributed by atoms with Gasteiger partial charge in [0.2, 0.25) is 5.75 Å². The van der Waals surface area contributed by atoms with Gasteiger partial charge in [0.05, 0.1) is 41.5 Å². The first-order valence-corrected chi connectivity index (χ1v) is 23.1. The van der Waals surface area contributed by atoms with Crippen molar-refractivity contribution >= 4 is 5.97 Å². The van der Waals surface area contributed by atoms with Crippen molar-refractivity contribution in [1.29, 1.82) is 0 Å². The maximum atomic E-state index is 11.9. The van der Waals surface area contributed by atoms with E-state index in [1.165, 1.54) is 74.5 Å². The van der Waals surface area contributed by atoms with Crippen LogP contribution in [0.3, 0.4) is 0 Å². The second kappa shape index (κ2) is 21.0. The Morgan fingerprint density at radius 3 is 1.98 bits per heavy atom. The molecule has 10 heteroatoms. The Hall–Kier alpha value is -4.93. The van der Waals surface area contributed by atoms with E-state index in [2.05, 4.69) is 67.5 Å². The van der Waals surface area contributed by atoms with Crippen LogP contribution in [0.15, 0.2) is 60.7 Å². The molecule has 4 aliphatic heterocycles. The van der Waals surface area contributed by atoms with Gasteiger partial charge in [0.25, 0.3) is 0 Å². The van der Waals surface area contributed by atoms with Crippen LogP contribution in [0.25, 0.3) is 0 Å². The van der Waals surface area contributed by atoms with E-state index < -0.39 is 5.97 Å². The van der Waals surface area contributed by atoms with Gasteiger partial charge in [0.1, 0.15) is 11.8 Å². The minimum absolute atomic E-state index is 0.0128. The van der Waals surface area contributed by atoms with Gasteiger partial charge < -0.3 is 38.4 Å². The average molecular weight is 850 g/mol. The number of carbonyl (C=O) groups is 1. The third-order valence-electron chi connectivity index (χ3n) is 13.9. The molecule has 0 saturated carbocycles. The Balaban J connectivity index is 1.16. The van der Waals surface area contributed by atoms with Crippen LogP contribution in [0.4, 0.5) is 0 Å². The van der Waals surface area contributed by atoms with Crippen molar-refractivity contribution in [1.82, 2.24) is 4.90 Å². The zero-order chi connectivity index (χ0) is 43.6. The van der Waals surface area contributed by atoms with Crippen molar-refractivity contribution in [2.75, 3.05) is 55.1 Å². The molecule has 62 heavy (non-hydrogen) atoms. The van der Waals surface area contributed by atoms with Gasteiger partial charge in [-0.3, -0.25) is 9.69 Å². The maximum absolute atomic E-state index is 11.9. The van der Waals surface area contributed by atoms with Crippen molar-refractivity contribution in [2.45, 2.75) is 121 Å². The molecule has 4 heterocycles. The van der Waals surface area contributed by atoms with Crippen LogP contribution in [0.5, 0.6) is 46.0 Å². The van der Waals surface area contributed by atoms with Gasteiger partial charge in [-0.25, -0.2) is 0 Å². The molecule has 8 rings (SSSR count). The first-order valence-electron chi connectivity index (χ1n) is 23.1. The molecule has 0 aromatic heterocycles. The summed E-state index contributed by atoms with van der Waals surface area (Å²) in [5.74, 6) is 3.45. The van der Waals surface area contributed by atoms with Crippen LogP contribution in [0.2, 0.25) is 0 Å². The highest BCUT2D eigenvalue weighted by atomic mass is 16.5. The number of methoxy groups -OCH3 is 3. The number of hydrogen-bond donors (Lipinski definition) is 2. The second-order valence-corrected chi connectivity index (χ2v) is 18.1. The van der Waals surface area contributed by atoms with Crippen LogP contribution in [-0.4, -0.2) is 80.6 Å². The summed E-state index contributed by atoms with van der Waals surface area (Å²) < 4.78 is 32.1. The number of aliphatic carboxylic acids is 1. The number of aromatic hydroxyl groups is 1. The molecule has 2 N–H and O–H groups in total. The fourth-order valence-electron chi connectivity index (χ4n) is 10.1. The van der Waals surface area contributed by atoms with Gasteiger partial charge in [-0.1, -0.05) is 76.0 Å². The van der Waals surface area contributed by atoms with Crippen molar-refractivity contribution in [3.63, 3.8) is 0 Å². The molecule has 334 valence electrons. The van der Waals surface area contributed by atoms with E-state index in [4.69, 9.17) is 28.8 Å². The molecule has 0 saturated heterocycles. The lowest BCUT2D eigenvalue weighted by atomic mass is 9.85. The predicted molar refractivity (Wildman–Crippen MR) is 244 cm³/mol. The molecule has 0 spiro atoms. The summed E-state index contributed by atoms with van der Waals surface area (Å²) in [6.07, 6.45) is 17.7. The van der Waals surface area contributed by atoms with Gasteiger partial charge in [-0.2, -0.15) is 0 Å². The van der Waals surface area contributed by atoms with Crippen LogP contribution in [0, 0.1) is 0 Å². The number of unbranched alkanes of at least 4 members (excludes halogenated alkanes) is 11. The van der Waals surface area contributed by atoms with E-state index in [9.17, 15) is 9.90 Å². The Morgan fingerprint density at radius 2 is 1.32 bits per heavy atom. The largest absolute Gasteiger partial charge is 0.502 e. The summed E-state index contributed by atoms with van der Waals surface area (Å²) in [7, 11) is 9.53. The lowest BCUT2D eigenvalue weighted by Crippen LogP contribution is -2.52. The predicted octanol–water partition coefficient (Wildman–Crippen LogP) is 11.5. The average Bonchev–Trinajstić information content (AvgIpc) is 3.26. The number of rotatable bonds is 18. The van der Waals surface area contributed by atoms with E-state index in [1.807, 2.05) is 12.1 Å². The number of carboxylic acids is 1. The monoisotopic (exact) mass is 850 g/mol. The van der Waals surface area contributed by atoms with E-state index in [0.717, 1.165) is 85.1 Å². The normalized spacial score (nSPS) is 19.4. The first-order chi connectivity index (χ1) is 30.1. The Morgan fingerprint density at radius 1 is 0.710 bits per heavy atom. The zero-order valence-corrected chi connectivity index (χ0v) is 37.8. The summed E-state index contributed by atoms with van der Waals surface area (Å²) in [6, 6.07) is 21.1. The quantitative estimate of drug-likeness (QED) is 0.0747. The number of carboxylic acid groups (broad SMARTS) is 1. The summed E-state index contributed by atoms with van der Waals surface area (Å²) in [6.45, 7) is 2.97. The lowest BCUT2D eigenvalue weighted by Gasteiger charge is -2.46. The van der Waals surface area contributed by atoms with Gasteiger partial charge in [-0.15, -0.1) is 0 Å². The fraction of sp³-hybridized carbons (Fsp3) is 0.519. The topological polar surface area (TPSA) is 107 Å². The van der Waals surface area contributed by atoms with Crippen molar-refractivity contribution in [3.8, 4) is 46.0 Å². The second-order valence-electron chi connectivity index (χ2n) is 18.1. The number of ether oxygens (including phenoxy) is 5. The minimum Gasteiger partial charge on any atom is -0.502 e. The molecule has 10 nitrogen and oxygen atoms in total. The van der Waals surface area contributed by atoms with Crippen molar-refractivity contribution in [3.05, 3.63) is 94.0 Å². The number of likely N-dealkylation sites (N-methyl/N-ethyl adjacent to an activating group) is 2. The Labute approximate surface area is 369 Å². The van der Waals surface area contributed by atoms with E-state index in [0.29, 0.717) is 47.3 Å². The lowest BCUT2D eigenvalue weighted by molar-refractivity contribution is -0.941. The highest BCUT2D eigenvalue weighted by molar-refractivity contribution is 5.66. The molecule has 4 aliphatic rings. The summed E-state index contributed by atoms with van der Waals surface area (Å²) in [5.41, 5.74) is 6.91. The summed E-state index contributed by atoms with van der Waals surface area (Å²) in [4.78, 5) is 13.1. The number of benzene rings is 4. The number of hydrogen-bond acceptors (Lipinski definition) is 8. The Kier molecular flexibility index (Phi) is 15.2. The molecule has 4 aromatic rings. The summed E-state index contributed by atoms with van der Waals surface area (Å²) >= 11 is 0. The highest BCUT2D eigenvalue weighted by Crippen LogP contribution is 2.52. The first kappa shape index (κ1) is 45.1. The molecular weight excluding hydrogens is 781 g/mol. The number of phenols is 1. The van der Waals surface area contributed by atoms with E-state index >= 15 is 0 Å². The van der Waals surface area contributed by atoms with E-state index in [1.54, 1.807) is 21.3 Å². The molecule has 6 bridgehead atoms. The number of nitrogens with zero attached hydrogens (tertiary/aromatic N) is 2. The zero-order valence-electron chi connectivity index (χ0n) is 37.8. The van der Waals surface area contributed by atoms with Crippen LogP contribution in [0.1, 0.15) is 129 Å². The van der Waals surface area contributed by atoms with E-state index in [-0.39, 0.29) is 17.8 Å². The van der Waals surface area contributed by atoms with Crippen molar-refractivity contribution in [2.24, 2.45) is 0 Å². The molecule has 0 fully saturated rings. The van der Waals surface area contributed by atoms with Gasteiger partial charge >= 0.3 is 5.97 Å². The Bertz CT molecular complexity index is 2140. The highest BCUT2D eigenvalue weighted by Gasteiger charge is 2.40. The van der Waals surface area contributed by atoms with Gasteiger partial charge in [0.15, 0.2) is 34.5 Å². The molecule has 3 unspecified atom stereocenters. The van der Waals surface area contributed by atoms with Crippen LogP contribution < -0.4 is 23.7 Å². The SMILES string of the molecule is COc1ccc2cc1Oc1ccc(cc1)CC1c3cc(c(OC)cc3CC[N+]1(C)CCCCCCCCCCCCCCC(=O)O)Oc1c(O)c(OC)cc3c1C(C2)N(C)CC3. The number of phenolic OH excluding ortho intramolecular Hbond substituents is 1. The number of fused-ring (bicyclic) bond motifs is 2. The third kappa shape index (κ3) is 10.6. The minimum atomic E-state index is -0.684. The molecular formula is C52H69N2O8+. The molecule has 0 radical (unpaired) electrons.